The minimum absolute atomic E-state index is 0.122. The van der Waals surface area contributed by atoms with Gasteiger partial charge in [0.25, 0.3) is 0 Å². The highest BCUT2D eigenvalue weighted by molar-refractivity contribution is 5.03. The molecule has 2 unspecified atom stereocenters. The van der Waals surface area contributed by atoms with Gasteiger partial charge in [0.05, 0.1) is 0 Å². The maximum absolute atomic E-state index is 8.86. The monoisotopic (exact) mass is 241 g/mol. The van der Waals surface area contributed by atoms with Gasteiger partial charge in [0.15, 0.2) is 0 Å². The Balaban J connectivity index is 1.82. The number of hydrogen-bond acceptors (Lipinski definition) is 4. The van der Waals surface area contributed by atoms with Crippen molar-refractivity contribution in [1.29, 1.82) is 0 Å². The molecule has 0 aromatic heterocycles. The first-order valence-corrected chi connectivity index (χ1v) is 7.02. The van der Waals surface area contributed by atoms with Gasteiger partial charge in [0, 0.05) is 43.9 Å². The summed E-state index contributed by atoms with van der Waals surface area (Å²) in [5.41, 5.74) is 6.11. The van der Waals surface area contributed by atoms with Crippen LogP contribution in [0.3, 0.4) is 0 Å². The second-order valence-electron chi connectivity index (χ2n) is 5.85. The van der Waals surface area contributed by atoms with Gasteiger partial charge in [0.1, 0.15) is 0 Å². The van der Waals surface area contributed by atoms with Gasteiger partial charge in [-0.3, -0.25) is 4.90 Å². The van der Waals surface area contributed by atoms with Crippen molar-refractivity contribution < 1.29 is 5.11 Å². The van der Waals surface area contributed by atoms with Gasteiger partial charge in [-0.25, -0.2) is 0 Å². The van der Waals surface area contributed by atoms with Crippen molar-refractivity contribution >= 4 is 0 Å². The molecule has 1 heterocycles. The number of aliphatic hydroxyl groups is 1. The second kappa shape index (κ2) is 5.65. The molecular weight excluding hydrogens is 214 g/mol. The Bertz CT molecular complexity index is 245. The molecule has 17 heavy (non-hydrogen) atoms. The SMILES string of the molecule is CC(CCCO)NC1(CN)CCN(C2CC2)C1. The third-order valence-electron chi connectivity index (χ3n) is 4.19. The molecule has 0 aromatic rings. The fraction of sp³-hybridized carbons (Fsp3) is 1.00. The van der Waals surface area contributed by atoms with Crippen LogP contribution in [0.4, 0.5) is 0 Å². The number of likely N-dealkylation sites (tertiary alicyclic amines) is 1. The summed E-state index contributed by atoms with van der Waals surface area (Å²) in [7, 11) is 0. The molecule has 4 heteroatoms. The summed E-state index contributed by atoms with van der Waals surface area (Å²) >= 11 is 0. The number of nitrogens with zero attached hydrogens (tertiary/aromatic N) is 1. The fourth-order valence-corrected chi connectivity index (χ4v) is 2.99. The third-order valence-corrected chi connectivity index (χ3v) is 4.19. The van der Waals surface area contributed by atoms with E-state index in [2.05, 4.69) is 17.1 Å². The van der Waals surface area contributed by atoms with Gasteiger partial charge >= 0.3 is 0 Å². The lowest BCUT2D eigenvalue weighted by atomic mass is 9.96. The standard InChI is InChI=1S/C13H27N3O/c1-11(3-2-8-17)15-13(9-14)6-7-16(10-13)12-4-5-12/h11-12,15,17H,2-10,14H2,1H3. The lowest BCUT2D eigenvalue weighted by Gasteiger charge is -2.33. The van der Waals surface area contributed by atoms with Gasteiger partial charge < -0.3 is 16.2 Å². The van der Waals surface area contributed by atoms with Gasteiger partial charge in [-0.1, -0.05) is 0 Å². The van der Waals surface area contributed by atoms with Crippen molar-refractivity contribution in [3.8, 4) is 0 Å². The highest BCUT2D eigenvalue weighted by atomic mass is 16.2. The van der Waals surface area contributed by atoms with Crippen molar-refractivity contribution in [2.45, 2.75) is 56.7 Å². The van der Waals surface area contributed by atoms with Crippen LogP contribution in [0, 0.1) is 0 Å². The van der Waals surface area contributed by atoms with Gasteiger partial charge in [0.2, 0.25) is 0 Å². The highest BCUT2D eigenvalue weighted by Crippen LogP contribution is 2.33. The molecule has 4 N–H and O–H groups in total. The van der Waals surface area contributed by atoms with Crippen LogP contribution < -0.4 is 11.1 Å². The van der Waals surface area contributed by atoms with E-state index in [1.165, 1.54) is 25.8 Å². The normalized spacial score (nSPS) is 31.9. The first-order chi connectivity index (χ1) is 8.19. The minimum Gasteiger partial charge on any atom is -0.396 e. The van der Waals surface area contributed by atoms with E-state index in [4.69, 9.17) is 10.8 Å². The van der Waals surface area contributed by atoms with Crippen LogP contribution in [0.5, 0.6) is 0 Å². The average Bonchev–Trinajstić information content (AvgIpc) is 3.10. The quantitative estimate of drug-likeness (QED) is 0.600. The Labute approximate surface area is 105 Å². The zero-order valence-electron chi connectivity index (χ0n) is 11.0. The molecule has 0 spiro atoms. The summed E-state index contributed by atoms with van der Waals surface area (Å²) in [4.78, 5) is 2.60. The smallest absolute Gasteiger partial charge is 0.0446 e. The largest absolute Gasteiger partial charge is 0.396 e. The zero-order valence-corrected chi connectivity index (χ0v) is 11.0. The zero-order chi connectivity index (χ0) is 12.3. The third kappa shape index (κ3) is 3.41. The Hall–Kier alpha value is -0.160. The van der Waals surface area contributed by atoms with Crippen molar-refractivity contribution in [1.82, 2.24) is 10.2 Å². The first kappa shape index (κ1) is 13.3. The van der Waals surface area contributed by atoms with Crippen LogP contribution in [0.25, 0.3) is 0 Å². The second-order valence-corrected chi connectivity index (χ2v) is 5.85. The van der Waals surface area contributed by atoms with E-state index < -0.39 is 0 Å². The molecule has 2 aliphatic rings. The maximum atomic E-state index is 8.86. The van der Waals surface area contributed by atoms with Crippen LogP contribution >= 0.6 is 0 Å². The Morgan fingerprint density at radius 2 is 2.29 bits per heavy atom. The number of nitrogens with two attached hydrogens (primary N) is 1. The van der Waals surface area contributed by atoms with Crippen molar-refractivity contribution in [2.24, 2.45) is 5.73 Å². The van der Waals surface area contributed by atoms with E-state index in [-0.39, 0.29) is 12.1 Å². The molecule has 1 aliphatic heterocycles. The van der Waals surface area contributed by atoms with E-state index in [9.17, 15) is 0 Å². The summed E-state index contributed by atoms with van der Waals surface area (Å²) in [5, 5.41) is 12.6. The van der Waals surface area contributed by atoms with E-state index in [0.29, 0.717) is 6.04 Å². The van der Waals surface area contributed by atoms with Crippen LogP contribution in [-0.2, 0) is 0 Å². The molecule has 0 aromatic carbocycles. The van der Waals surface area contributed by atoms with Crippen molar-refractivity contribution in [3.63, 3.8) is 0 Å². The summed E-state index contributed by atoms with van der Waals surface area (Å²) < 4.78 is 0. The molecule has 1 saturated heterocycles. The van der Waals surface area contributed by atoms with Crippen LogP contribution in [0.15, 0.2) is 0 Å². The fourth-order valence-electron chi connectivity index (χ4n) is 2.99. The van der Waals surface area contributed by atoms with E-state index >= 15 is 0 Å². The summed E-state index contributed by atoms with van der Waals surface area (Å²) in [5.74, 6) is 0. The topological polar surface area (TPSA) is 61.5 Å². The predicted molar refractivity (Wildman–Crippen MR) is 69.9 cm³/mol. The average molecular weight is 241 g/mol. The number of hydrogen-bond donors (Lipinski definition) is 3. The van der Waals surface area contributed by atoms with E-state index in [1.54, 1.807) is 0 Å². The molecule has 2 atom stereocenters. The van der Waals surface area contributed by atoms with Crippen LogP contribution in [0.2, 0.25) is 0 Å². The summed E-state index contributed by atoms with van der Waals surface area (Å²) in [6.45, 7) is 5.52. The maximum Gasteiger partial charge on any atom is 0.0446 e. The summed E-state index contributed by atoms with van der Waals surface area (Å²) in [6.07, 6.45) is 5.83. The molecule has 1 aliphatic carbocycles. The van der Waals surface area contributed by atoms with Crippen molar-refractivity contribution in [2.75, 3.05) is 26.2 Å². The Morgan fingerprint density at radius 1 is 1.53 bits per heavy atom. The molecule has 0 radical (unpaired) electrons. The summed E-state index contributed by atoms with van der Waals surface area (Å²) in [6, 6.07) is 1.29. The van der Waals surface area contributed by atoms with Gasteiger partial charge in [-0.05, 0) is 39.0 Å². The van der Waals surface area contributed by atoms with Gasteiger partial charge in [-0.15, -0.1) is 0 Å². The van der Waals surface area contributed by atoms with E-state index in [0.717, 1.165) is 32.0 Å². The van der Waals surface area contributed by atoms with Crippen LogP contribution in [0.1, 0.15) is 39.0 Å². The molecule has 2 fully saturated rings. The first-order valence-electron chi connectivity index (χ1n) is 7.02. The van der Waals surface area contributed by atoms with Crippen LogP contribution in [-0.4, -0.2) is 53.9 Å². The molecule has 100 valence electrons. The van der Waals surface area contributed by atoms with Gasteiger partial charge in [-0.2, -0.15) is 0 Å². The molecular formula is C13H27N3O. The number of aliphatic hydroxyl groups excluding tert-OH is 1. The molecule has 4 nitrogen and oxygen atoms in total. The minimum atomic E-state index is 0.122. The lowest BCUT2D eigenvalue weighted by Crippen LogP contribution is -2.56. The lowest BCUT2D eigenvalue weighted by molar-refractivity contribution is 0.241. The van der Waals surface area contributed by atoms with Crippen molar-refractivity contribution in [3.05, 3.63) is 0 Å². The Kier molecular flexibility index (Phi) is 4.42. The number of nitrogens with one attached hydrogen (secondary N) is 1. The molecule has 0 bridgehead atoms. The molecule has 1 saturated carbocycles. The highest BCUT2D eigenvalue weighted by Gasteiger charge is 2.42. The Morgan fingerprint density at radius 3 is 2.88 bits per heavy atom. The molecule has 0 amide bonds. The predicted octanol–water partition coefficient (Wildman–Crippen LogP) is 0.303. The molecule has 2 rings (SSSR count). The van der Waals surface area contributed by atoms with E-state index in [1.807, 2.05) is 0 Å². The number of rotatable bonds is 7.